The molecule has 0 aliphatic heterocycles. The van der Waals surface area contributed by atoms with E-state index in [1.807, 2.05) is 0 Å². The highest BCUT2D eigenvalue weighted by Crippen LogP contribution is 2.20. The van der Waals surface area contributed by atoms with Crippen molar-refractivity contribution in [2.45, 2.75) is 18.6 Å². The molecule has 0 bridgehead atoms. The van der Waals surface area contributed by atoms with Gasteiger partial charge >= 0.3 is 0 Å². The predicted molar refractivity (Wildman–Crippen MR) is 52.4 cm³/mol. The van der Waals surface area contributed by atoms with Crippen molar-refractivity contribution >= 4 is 28.7 Å². The van der Waals surface area contributed by atoms with Crippen LogP contribution in [0.3, 0.4) is 0 Å². The van der Waals surface area contributed by atoms with Crippen LogP contribution in [-0.4, -0.2) is 47.0 Å². The summed E-state index contributed by atoms with van der Waals surface area (Å²) in [5.41, 5.74) is -1.55. The summed E-state index contributed by atoms with van der Waals surface area (Å²) in [6.07, 6.45) is 3.83. The molecule has 1 unspecified atom stereocenters. The zero-order valence-electron chi connectivity index (χ0n) is 8.26. The summed E-state index contributed by atoms with van der Waals surface area (Å²) < 4.78 is 4.88. The minimum Gasteiger partial charge on any atom is -0.423 e. The first-order valence-corrected chi connectivity index (χ1v) is 4.72. The summed E-state index contributed by atoms with van der Waals surface area (Å²) in [6, 6.07) is -0.841. The molecule has 0 saturated heterocycles. The number of hydrogen-bond donors (Lipinski definition) is 0. The Morgan fingerprint density at radius 3 is 2.13 bits per heavy atom. The van der Waals surface area contributed by atoms with Crippen LogP contribution < -0.4 is 0 Å². The van der Waals surface area contributed by atoms with Gasteiger partial charge in [0, 0.05) is 0 Å². The van der Waals surface area contributed by atoms with Crippen molar-refractivity contribution in [3.63, 3.8) is 0 Å². The van der Waals surface area contributed by atoms with E-state index in [9.17, 15) is 14.4 Å². The van der Waals surface area contributed by atoms with Crippen LogP contribution in [0.4, 0.5) is 0 Å². The van der Waals surface area contributed by atoms with Gasteiger partial charge in [-0.25, -0.2) is 14.4 Å². The minimum absolute atomic E-state index is 0.129. The topological polar surface area (TPSA) is 97.5 Å². The van der Waals surface area contributed by atoms with Crippen molar-refractivity contribution in [1.29, 1.82) is 0 Å². The smallest absolute Gasteiger partial charge is 0.237 e. The second kappa shape index (κ2) is 6.72. The van der Waals surface area contributed by atoms with Crippen LogP contribution in [0.1, 0.15) is 6.92 Å². The highest BCUT2D eigenvalue weighted by molar-refractivity contribution is 5.98. The first kappa shape index (κ1) is 13.3. The van der Waals surface area contributed by atoms with Crippen molar-refractivity contribution in [1.82, 2.24) is 0 Å². The van der Waals surface area contributed by atoms with E-state index in [0.717, 1.165) is 0 Å². The fraction of sp³-hybridized carbons (Fsp3) is 0.571. The average Bonchev–Trinajstić information content (AvgIpc) is 2.19. The molecule has 15 heavy (non-hydrogen) atoms. The highest BCUT2D eigenvalue weighted by atomic mass is 28.2. The maximum absolute atomic E-state index is 10.2. The lowest BCUT2D eigenvalue weighted by atomic mass is 10.1. The van der Waals surface area contributed by atoms with Gasteiger partial charge in [-0.2, -0.15) is 15.0 Å². The molecule has 0 aliphatic rings. The summed E-state index contributed by atoms with van der Waals surface area (Å²) in [4.78, 5) is 40.5. The molecule has 0 rings (SSSR count). The van der Waals surface area contributed by atoms with Gasteiger partial charge in [0.2, 0.25) is 23.9 Å². The Morgan fingerprint density at radius 1 is 1.27 bits per heavy atom. The van der Waals surface area contributed by atoms with Crippen molar-refractivity contribution in [2.75, 3.05) is 6.61 Å². The lowest BCUT2D eigenvalue weighted by Gasteiger charge is -2.24. The molecule has 0 radical (unpaired) electrons. The van der Waals surface area contributed by atoms with Crippen LogP contribution >= 0.6 is 0 Å². The first-order chi connectivity index (χ1) is 7.16. The zero-order valence-corrected chi connectivity index (χ0v) is 10.3. The van der Waals surface area contributed by atoms with Gasteiger partial charge in [-0.3, -0.25) is 0 Å². The van der Waals surface area contributed by atoms with Crippen molar-refractivity contribution in [3.8, 4) is 0 Å². The molecule has 7 nitrogen and oxygen atoms in total. The van der Waals surface area contributed by atoms with Crippen LogP contribution in [-0.2, 0) is 18.8 Å². The van der Waals surface area contributed by atoms with Crippen LogP contribution in [0, 0.1) is 0 Å². The lowest BCUT2D eigenvalue weighted by molar-refractivity contribution is 0.218. The molecule has 0 aromatic heterocycles. The third-order valence-electron chi connectivity index (χ3n) is 1.75. The van der Waals surface area contributed by atoms with E-state index >= 15 is 0 Å². The fourth-order valence-electron chi connectivity index (χ4n) is 0.950. The van der Waals surface area contributed by atoms with Gasteiger partial charge in [0.1, 0.15) is 16.5 Å². The highest BCUT2D eigenvalue weighted by Gasteiger charge is 2.36. The number of rotatable bonds is 6. The van der Waals surface area contributed by atoms with Gasteiger partial charge < -0.3 is 4.43 Å². The Hall–Kier alpha value is -1.68. The van der Waals surface area contributed by atoms with Gasteiger partial charge in [-0.1, -0.05) is 0 Å². The van der Waals surface area contributed by atoms with E-state index in [1.54, 1.807) is 0 Å². The number of nitrogens with zero attached hydrogens (tertiary/aromatic N) is 3. The lowest BCUT2D eigenvalue weighted by Crippen LogP contribution is -2.40. The van der Waals surface area contributed by atoms with Crippen molar-refractivity contribution in [2.24, 2.45) is 15.0 Å². The largest absolute Gasteiger partial charge is 0.423 e. The summed E-state index contributed by atoms with van der Waals surface area (Å²) in [5.74, 6) is 0. The van der Waals surface area contributed by atoms with Crippen LogP contribution in [0.5, 0.6) is 0 Å². The van der Waals surface area contributed by atoms with E-state index < -0.39 is 11.7 Å². The van der Waals surface area contributed by atoms with Gasteiger partial charge in [0.25, 0.3) is 0 Å². The first-order valence-electron chi connectivity index (χ1n) is 3.91. The molecule has 0 fully saturated rings. The van der Waals surface area contributed by atoms with E-state index in [1.165, 1.54) is 25.2 Å². The molecule has 0 spiro atoms. The van der Waals surface area contributed by atoms with Gasteiger partial charge in [0.05, 0.1) is 6.61 Å². The molecular formula is C7H9N3O4Si. The second-order valence-electron chi connectivity index (χ2n) is 2.61. The van der Waals surface area contributed by atoms with Crippen LogP contribution in [0.15, 0.2) is 15.0 Å². The number of carbonyl (C=O) groups excluding carboxylic acids is 3. The Kier molecular flexibility index (Phi) is 5.97. The summed E-state index contributed by atoms with van der Waals surface area (Å²) in [5, 5.41) is 0. The maximum atomic E-state index is 10.2. The number of aliphatic imine (C=N–C) groups is 3. The monoisotopic (exact) mass is 227 g/mol. The Balaban J connectivity index is 5.36. The van der Waals surface area contributed by atoms with E-state index in [0.29, 0.717) is 10.5 Å². The van der Waals surface area contributed by atoms with Crippen molar-refractivity contribution in [3.05, 3.63) is 0 Å². The normalized spacial score (nSPS) is 15.0. The quantitative estimate of drug-likeness (QED) is 0.309. The zero-order chi connectivity index (χ0) is 11.7. The molecule has 1 atom stereocenters. The molecule has 8 heteroatoms. The van der Waals surface area contributed by atoms with Crippen molar-refractivity contribution < 1.29 is 18.8 Å². The number of isocyanates is 3. The molecule has 0 aliphatic carbocycles. The Morgan fingerprint density at radius 2 is 1.80 bits per heavy atom. The van der Waals surface area contributed by atoms with E-state index in [2.05, 4.69) is 15.0 Å². The van der Waals surface area contributed by atoms with E-state index in [4.69, 9.17) is 4.43 Å². The average molecular weight is 227 g/mol. The Bertz CT molecular complexity index is 335. The van der Waals surface area contributed by atoms with Gasteiger partial charge in [-0.05, 0) is 6.92 Å². The molecule has 0 aromatic rings. The summed E-state index contributed by atoms with van der Waals surface area (Å²) >= 11 is 0. The molecule has 80 valence electrons. The standard InChI is InChI=1S/C7H9N3O4Si/c1-6(8-3-11)7(2-14-15,9-4-12)10-5-13/h6H,2H2,1,15H3. The molecule has 0 heterocycles. The Labute approximate surface area is 88.5 Å². The molecule has 0 saturated carbocycles. The second-order valence-corrected chi connectivity index (χ2v) is 3.19. The molecule has 0 aromatic carbocycles. The molecule has 0 amide bonds. The third-order valence-corrected chi connectivity index (χ3v) is 2.04. The summed E-state index contributed by atoms with van der Waals surface area (Å²) in [7, 11) is 0.364. The third kappa shape index (κ3) is 3.51. The predicted octanol–water partition coefficient (Wildman–Crippen LogP) is -1.62. The number of hydrogen-bond acceptors (Lipinski definition) is 7. The fourth-order valence-corrected chi connectivity index (χ4v) is 1.37. The van der Waals surface area contributed by atoms with Crippen LogP contribution in [0.25, 0.3) is 0 Å². The molecule has 0 N–H and O–H groups in total. The van der Waals surface area contributed by atoms with Gasteiger partial charge in [-0.15, -0.1) is 0 Å². The SMILES string of the molecule is CC(N=C=O)C(CO[SiH3])(N=C=O)N=C=O. The summed E-state index contributed by atoms with van der Waals surface area (Å²) in [6.45, 7) is 1.32. The maximum Gasteiger partial charge on any atom is 0.237 e. The molecular weight excluding hydrogens is 218 g/mol. The van der Waals surface area contributed by atoms with E-state index in [-0.39, 0.29) is 6.61 Å². The van der Waals surface area contributed by atoms with Crippen LogP contribution in [0.2, 0.25) is 0 Å². The minimum atomic E-state index is -1.55. The van der Waals surface area contributed by atoms with Gasteiger partial charge in [0.15, 0.2) is 0 Å².